The number of nitrogens with zero attached hydrogens (tertiary/aromatic N) is 2. The van der Waals surface area contributed by atoms with Gasteiger partial charge in [-0.25, -0.2) is 9.37 Å². The number of benzene rings is 2. The predicted octanol–water partition coefficient (Wildman–Crippen LogP) is 6.03. The van der Waals surface area contributed by atoms with Gasteiger partial charge in [0, 0.05) is 23.4 Å². The Balaban J connectivity index is 1.54. The molecule has 0 unspecified atom stereocenters. The highest BCUT2D eigenvalue weighted by atomic mass is 19.1. The van der Waals surface area contributed by atoms with Gasteiger partial charge in [-0.2, -0.15) is 0 Å². The first-order chi connectivity index (χ1) is 16.0. The minimum Gasteiger partial charge on any atom is -0.386 e. The van der Waals surface area contributed by atoms with Crippen LogP contribution in [0.15, 0.2) is 60.4 Å². The highest BCUT2D eigenvalue weighted by molar-refractivity contribution is 5.72. The molecule has 1 aromatic heterocycles. The Bertz CT molecular complexity index is 1250. The summed E-state index contributed by atoms with van der Waals surface area (Å²) in [6.07, 6.45) is 7.02. The van der Waals surface area contributed by atoms with Crippen LogP contribution in [0.2, 0.25) is 0 Å². The van der Waals surface area contributed by atoms with Crippen LogP contribution in [-0.2, 0) is 17.7 Å². The summed E-state index contributed by atoms with van der Waals surface area (Å²) in [7, 11) is 0. The summed E-state index contributed by atoms with van der Waals surface area (Å²) >= 11 is 0. The molecular weight excluding hydrogens is 427 g/mol. The van der Waals surface area contributed by atoms with E-state index in [1.165, 1.54) is 17.7 Å². The van der Waals surface area contributed by atoms with Crippen LogP contribution in [-0.4, -0.2) is 19.8 Å². The molecule has 0 saturated heterocycles. The number of rotatable bonds is 4. The molecule has 1 fully saturated rings. The average molecular weight is 461 g/mol. The Morgan fingerprint density at radius 3 is 2.47 bits per heavy atom. The summed E-state index contributed by atoms with van der Waals surface area (Å²) < 4.78 is 15.6. The van der Waals surface area contributed by atoms with Crippen LogP contribution in [0.5, 0.6) is 0 Å². The highest BCUT2D eigenvalue weighted by Crippen LogP contribution is 2.55. The Morgan fingerprint density at radius 2 is 1.76 bits per heavy atom. The normalized spacial score (nSPS) is 24.1. The maximum absolute atomic E-state index is 13.4. The van der Waals surface area contributed by atoms with Crippen LogP contribution in [0.3, 0.4) is 0 Å². The van der Waals surface area contributed by atoms with Gasteiger partial charge in [-0.3, -0.25) is 0 Å². The largest absolute Gasteiger partial charge is 0.386 e. The van der Waals surface area contributed by atoms with Crippen LogP contribution in [0, 0.1) is 17.2 Å². The van der Waals surface area contributed by atoms with E-state index in [1.807, 2.05) is 37.5 Å². The van der Waals surface area contributed by atoms with Gasteiger partial charge in [0.05, 0.1) is 28.9 Å². The number of aromatic nitrogens is 2. The fourth-order valence-corrected chi connectivity index (χ4v) is 6.11. The van der Waals surface area contributed by atoms with Gasteiger partial charge in [-0.05, 0) is 81.5 Å². The van der Waals surface area contributed by atoms with E-state index < -0.39 is 11.2 Å². The minimum absolute atomic E-state index is 0.00174. The molecule has 1 saturated carbocycles. The SMILES string of the molecule is CC(C)(O)c1cccc([C@@](C)(O)[C@H]2CCCC3=Cc4c(-c5ccc(F)cc5)ncn4C[C@@]32C)c1. The summed E-state index contributed by atoms with van der Waals surface area (Å²) in [4.78, 5) is 4.68. The molecule has 0 amide bonds. The first-order valence-electron chi connectivity index (χ1n) is 12.1. The summed E-state index contributed by atoms with van der Waals surface area (Å²) in [6.45, 7) is 8.45. The number of halogens is 1. The zero-order valence-electron chi connectivity index (χ0n) is 20.3. The molecule has 2 aliphatic rings. The van der Waals surface area contributed by atoms with E-state index >= 15 is 0 Å². The zero-order valence-corrected chi connectivity index (χ0v) is 20.3. The van der Waals surface area contributed by atoms with Crippen molar-refractivity contribution in [1.82, 2.24) is 9.55 Å². The maximum Gasteiger partial charge on any atom is 0.123 e. The lowest BCUT2D eigenvalue weighted by atomic mass is 9.57. The van der Waals surface area contributed by atoms with Crippen molar-refractivity contribution in [2.75, 3.05) is 0 Å². The van der Waals surface area contributed by atoms with Crippen LogP contribution in [0.25, 0.3) is 17.3 Å². The molecule has 3 atom stereocenters. The molecule has 34 heavy (non-hydrogen) atoms. The molecule has 4 nitrogen and oxygen atoms in total. The fraction of sp³-hybridized carbons (Fsp3) is 0.414. The zero-order chi connectivity index (χ0) is 24.3. The van der Waals surface area contributed by atoms with Gasteiger partial charge in [-0.1, -0.05) is 36.8 Å². The van der Waals surface area contributed by atoms with E-state index in [0.29, 0.717) is 0 Å². The quantitative estimate of drug-likeness (QED) is 0.500. The lowest BCUT2D eigenvalue weighted by Gasteiger charge is -2.51. The van der Waals surface area contributed by atoms with Crippen molar-refractivity contribution in [3.8, 4) is 11.3 Å². The number of hydrogen-bond acceptors (Lipinski definition) is 3. The molecule has 2 aromatic carbocycles. The topological polar surface area (TPSA) is 58.3 Å². The summed E-state index contributed by atoms with van der Waals surface area (Å²) in [6, 6.07) is 14.2. The third-order valence-corrected chi connectivity index (χ3v) is 8.08. The Morgan fingerprint density at radius 1 is 1.06 bits per heavy atom. The van der Waals surface area contributed by atoms with Crippen molar-refractivity contribution < 1.29 is 14.6 Å². The van der Waals surface area contributed by atoms with Gasteiger partial charge in [0.15, 0.2) is 0 Å². The number of aliphatic hydroxyl groups is 2. The second-order valence-electron chi connectivity index (χ2n) is 10.9. The Kier molecular flexibility index (Phi) is 5.34. The van der Waals surface area contributed by atoms with Crippen molar-refractivity contribution in [2.45, 2.75) is 64.7 Å². The molecule has 0 radical (unpaired) electrons. The molecule has 2 N–H and O–H groups in total. The second-order valence-corrected chi connectivity index (χ2v) is 10.9. The van der Waals surface area contributed by atoms with Crippen molar-refractivity contribution >= 4 is 6.08 Å². The monoisotopic (exact) mass is 460 g/mol. The lowest BCUT2D eigenvalue weighted by molar-refractivity contribution is -0.0715. The first kappa shape index (κ1) is 23.0. The standard InChI is InChI=1S/C29H33FN2O2/c1-27(2,33)20-7-5-9-22(15-20)29(4,34)25-10-6-8-21-16-24-26(19-11-13-23(30)14-12-19)31-18-32(24)17-28(21,25)3/h5,7,9,11-16,18,25,33-34H,6,8,10,17H2,1-4H3/t25-,28-,29+/m0/s1. The van der Waals surface area contributed by atoms with Gasteiger partial charge < -0.3 is 14.8 Å². The van der Waals surface area contributed by atoms with Crippen molar-refractivity contribution in [2.24, 2.45) is 11.3 Å². The second kappa shape index (κ2) is 7.89. The van der Waals surface area contributed by atoms with Crippen LogP contribution < -0.4 is 0 Å². The van der Waals surface area contributed by atoms with Crippen LogP contribution >= 0.6 is 0 Å². The van der Waals surface area contributed by atoms with Gasteiger partial charge in [-0.15, -0.1) is 0 Å². The van der Waals surface area contributed by atoms with E-state index in [9.17, 15) is 14.6 Å². The third-order valence-electron chi connectivity index (χ3n) is 8.08. The van der Waals surface area contributed by atoms with Gasteiger partial charge in [0.1, 0.15) is 5.82 Å². The van der Waals surface area contributed by atoms with Gasteiger partial charge in [0.2, 0.25) is 0 Å². The van der Waals surface area contributed by atoms with Gasteiger partial charge in [0.25, 0.3) is 0 Å². The Labute approximate surface area is 200 Å². The maximum atomic E-state index is 13.4. The molecule has 178 valence electrons. The molecule has 0 spiro atoms. The first-order valence-corrected chi connectivity index (χ1v) is 12.1. The summed E-state index contributed by atoms with van der Waals surface area (Å²) in [5, 5.41) is 22.5. The minimum atomic E-state index is -1.06. The van der Waals surface area contributed by atoms with Crippen molar-refractivity contribution in [3.63, 3.8) is 0 Å². The average Bonchev–Trinajstić information content (AvgIpc) is 3.18. The van der Waals surface area contributed by atoms with E-state index in [0.717, 1.165) is 53.9 Å². The van der Waals surface area contributed by atoms with Gasteiger partial charge >= 0.3 is 0 Å². The number of imidazole rings is 1. The number of allylic oxidation sites excluding steroid dienone is 1. The summed E-state index contributed by atoms with van der Waals surface area (Å²) in [5.74, 6) is -0.254. The number of hydrogen-bond donors (Lipinski definition) is 2. The predicted molar refractivity (Wildman–Crippen MR) is 132 cm³/mol. The smallest absolute Gasteiger partial charge is 0.123 e. The van der Waals surface area contributed by atoms with Crippen molar-refractivity contribution in [3.05, 3.63) is 83.1 Å². The molecule has 1 aliphatic carbocycles. The summed E-state index contributed by atoms with van der Waals surface area (Å²) in [5.41, 5.74) is 3.51. The number of fused-ring (bicyclic) bond motifs is 2. The van der Waals surface area contributed by atoms with Crippen LogP contribution in [0.4, 0.5) is 4.39 Å². The molecule has 3 aromatic rings. The molecule has 5 heteroatoms. The Hall–Kier alpha value is -2.76. The molecule has 0 bridgehead atoms. The van der Waals surface area contributed by atoms with E-state index in [4.69, 9.17) is 0 Å². The third kappa shape index (κ3) is 3.71. The fourth-order valence-electron chi connectivity index (χ4n) is 6.11. The van der Waals surface area contributed by atoms with E-state index in [-0.39, 0.29) is 17.2 Å². The highest BCUT2D eigenvalue weighted by Gasteiger charge is 2.51. The van der Waals surface area contributed by atoms with Crippen LogP contribution in [0.1, 0.15) is 63.8 Å². The molecular formula is C29H33FN2O2. The molecule has 2 heterocycles. The molecule has 1 aliphatic heterocycles. The van der Waals surface area contributed by atoms with E-state index in [1.54, 1.807) is 26.0 Å². The van der Waals surface area contributed by atoms with Crippen molar-refractivity contribution in [1.29, 1.82) is 0 Å². The molecule has 5 rings (SSSR count). The van der Waals surface area contributed by atoms with E-state index in [2.05, 4.69) is 22.6 Å². The lowest BCUT2D eigenvalue weighted by Crippen LogP contribution is -2.48.